The fourth-order valence-electron chi connectivity index (χ4n) is 1.79. The van der Waals surface area contributed by atoms with Crippen LogP contribution in [0.3, 0.4) is 0 Å². The van der Waals surface area contributed by atoms with E-state index in [0.29, 0.717) is 16.0 Å². The van der Waals surface area contributed by atoms with Crippen LogP contribution >= 0.6 is 31.9 Å². The zero-order valence-electron chi connectivity index (χ0n) is 14.0. The lowest BCUT2D eigenvalue weighted by Gasteiger charge is -2.07. The highest BCUT2D eigenvalue weighted by atomic mass is 79.9. The number of ether oxygens (including phenoxy) is 4. The molecule has 0 spiro atoms. The van der Waals surface area contributed by atoms with E-state index < -0.39 is 4.92 Å². The molecule has 0 unspecified atom stereocenters. The van der Waals surface area contributed by atoms with Gasteiger partial charge in [0.25, 0.3) is 5.69 Å². The van der Waals surface area contributed by atoms with Crippen molar-refractivity contribution in [2.24, 2.45) is 0 Å². The van der Waals surface area contributed by atoms with Crippen LogP contribution in [0.15, 0.2) is 39.3 Å². The fourth-order valence-corrected chi connectivity index (χ4v) is 2.60. The summed E-state index contributed by atoms with van der Waals surface area (Å²) in [5.41, 5.74) is -0.0531. The van der Waals surface area contributed by atoms with Gasteiger partial charge in [0.05, 0.1) is 43.9 Å². The first kappa shape index (κ1) is 21.0. The van der Waals surface area contributed by atoms with Gasteiger partial charge < -0.3 is 18.9 Å². The van der Waals surface area contributed by atoms with Crippen LogP contribution in [0.1, 0.15) is 0 Å². The smallest absolute Gasteiger partial charge is 0.287 e. The first-order valence-electron chi connectivity index (χ1n) is 6.81. The van der Waals surface area contributed by atoms with Crippen molar-refractivity contribution in [3.05, 3.63) is 49.4 Å². The Balaban J connectivity index is 0.000000257. The first-order valence-corrected chi connectivity index (χ1v) is 8.39. The SMILES string of the molecule is COc1cc(Br)c([N+](=O)[O-])cc1OC.COc1ccc(Br)cc1OC. The summed E-state index contributed by atoms with van der Waals surface area (Å²) in [6.45, 7) is 0. The molecule has 2 aromatic rings. The van der Waals surface area contributed by atoms with E-state index in [1.54, 1.807) is 14.2 Å². The van der Waals surface area contributed by atoms with Crippen LogP contribution in [-0.4, -0.2) is 33.4 Å². The van der Waals surface area contributed by atoms with Crippen molar-refractivity contribution in [1.29, 1.82) is 0 Å². The Morgan fingerprint density at radius 1 is 0.800 bits per heavy atom. The summed E-state index contributed by atoms with van der Waals surface area (Å²) in [5.74, 6) is 2.27. The molecule has 2 aromatic carbocycles. The number of hydrogen-bond acceptors (Lipinski definition) is 6. The molecule has 0 aliphatic heterocycles. The van der Waals surface area contributed by atoms with Crippen molar-refractivity contribution in [1.82, 2.24) is 0 Å². The van der Waals surface area contributed by atoms with Gasteiger partial charge >= 0.3 is 0 Å². The second-order valence-corrected chi connectivity index (χ2v) is 6.19. The van der Waals surface area contributed by atoms with Crippen LogP contribution in [-0.2, 0) is 0 Å². The van der Waals surface area contributed by atoms with E-state index in [1.165, 1.54) is 26.4 Å². The van der Waals surface area contributed by atoms with Gasteiger partial charge in [0.2, 0.25) is 0 Å². The van der Waals surface area contributed by atoms with Crippen molar-refractivity contribution in [3.8, 4) is 23.0 Å². The summed E-state index contributed by atoms with van der Waals surface area (Å²) in [6.07, 6.45) is 0. The third-order valence-electron chi connectivity index (χ3n) is 3.00. The van der Waals surface area contributed by atoms with Gasteiger partial charge in [0.1, 0.15) is 0 Å². The molecule has 2 rings (SSSR count). The van der Waals surface area contributed by atoms with Crippen molar-refractivity contribution >= 4 is 37.5 Å². The highest BCUT2D eigenvalue weighted by molar-refractivity contribution is 9.10. The summed E-state index contributed by atoms with van der Waals surface area (Å²) in [5, 5.41) is 10.6. The molecule has 0 aliphatic carbocycles. The highest BCUT2D eigenvalue weighted by Gasteiger charge is 2.17. The lowest BCUT2D eigenvalue weighted by Crippen LogP contribution is -1.94. The number of methoxy groups -OCH3 is 4. The Morgan fingerprint density at radius 2 is 1.28 bits per heavy atom. The molecule has 0 atom stereocenters. The summed E-state index contributed by atoms with van der Waals surface area (Å²) in [7, 11) is 6.13. The zero-order valence-corrected chi connectivity index (χ0v) is 17.2. The number of nitrogens with zero attached hydrogens (tertiary/aromatic N) is 1. The first-order chi connectivity index (χ1) is 11.9. The van der Waals surface area contributed by atoms with Gasteiger partial charge in [0, 0.05) is 10.5 Å². The van der Waals surface area contributed by atoms with Gasteiger partial charge in [0.15, 0.2) is 23.0 Å². The number of nitro benzene ring substituents is 1. The largest absolute Gasteiger partial charge is 0.493 e. The minimum Gasteiger partial charge on any atom is -0.493 e. The van der Waals surface area contributed by atoms with E-state index in [1.807, 2.05) is 18.2 Å². The van der Waals surface area contributed by atoms with Gasteiger partial charge in [-0.2, -0.15) is 0 Å². The maximum Gasteiger partial charge on any atom is 0.287 e. The highest BCUT2D eigenvalue weighted by Crippen LogP contribution is 2.37. The predicted molar refractivity (Wildman–Crippen MR) is 101 cm³/mol. The van der Waals surface area contributed by atoms with Gasteiger partial charge in [-0.15, -0.1) is 0 Å². The van der Waals surface area contributed by atoms with E-state index in [4.69, 9.17) is 18.9 Å². The van der Waals surface area contributed by atoms with Crippen molar-refractivity contribution < 1.29 is 23.9 Å². The molecular formula is C16H17Br2NO6. The van der Waals surface area contributed by atoms with E-state index in [9.17, 15) is 10.1 Å². The van der Waals surface area contributed by atoms with Crippen LogP contribution < -0.4 is 18.9 Å². The normalized spacial score (nSPS) is 9.52. The Morgan fingerprint density at radius 3 is 1.76 bits per heavy atom. The Kier molecular flexibility index (Phi) is 8.50. The second-order valence-electron chi connectivity index (χ2n) is 4.42. The molecule has 0 heterocycles. The monoisotopic (exact) mass is 477 g/mol. The lowest BCUT2D eigenvalue weighted by molar-refractivity contribution is -0.385. The fraction of sp³-hybridized carbons (Fsp3) is 0.250. The van der Waals surface area contributed by atoms with Crippen molar-refractivity contribution in [3.63, 3.8) is 0 Å². The van der Waals surface area contributed by atoms with Gasteiger partial charge in [-0.1, -0.05) is 15.9 Å². The number of halogens is 2. The quantitative estimate of drug-likeness (QED) is 0.451. The predicted octanol–water partition coefficient (Wildman–Crippen LogP) is 4.84. The molecule has 0 aliphatic rings. The second kappa shape index (κ2) is 10.1. The summed E-state index contributed by atoms with van der Waals surface area (Å²) in [6, 6.07) is 8.42. The van der Waals surface area contributed by atoms with Gasteiger partial charge in [-0.3, -0.25) is 10.1 Å². The third kappa shape index (κ3) is 5.79. The van der Waals surface area contributed by atoms with Crippen LogP contribution in [0.2, 0.25) is 0 Å². The zero-order chi connectivity index (χ0) is 19.0. The summed E-state index contributed by atoms with van der Waals surface area (Å²) in [4.78, 5) is 10.1. The summed E-state index contributed by atoms with van der Waals surface area (Å²) >= 11 is 6.41. The van der Waals surface area contributed by atoms with Crippen molar-refractivity contribution in [2.45, 2.75) is 0 Å². The molecule has 0 bridgehead atoms. The molecule has 0 saturated carbocycles. The molecule has 0 aromatic heterocycles. The van der Waals surface area contributed by atoms with E-state index in [2.05, 4.69) is 31.9 Å². The van der Waals surface area contributed by atoms with Gasteiger partial charge in [-0.05, 0) is 34.1 Å². The maximum absolute atomic E-state index is 10.6. The summed E-state index contributed by atoms with van der Waals surface area (Å²) < 4.78 is 21.4. The van der Waals surface area contributed by atoms with Gasteiger partial charge in [-0.25, -0.2) is 0 Å². The lowest BCUT2D eigenvalue weighted by atomic mass is 10.3. The van der Waals surface area contributed by atoms with E-state index >= 15 is 0 Å². The third-order valence-corrected chi connectivity index (χ3v) is 4.12. The molecule has 0 radical (unpaired) electrons. The topological polar surface area (TPSA) is 80.1 Å². The molecule has 9 heteroatoms. The average Bonchev–Trinajstić information content (AvgIpc) is 2.61. The minimum absolute atomic E-state index is 0.0531. The van der Waals surface area contributed by atoms with E-state index in [0.717, 1.165) is 16.0 Å². The minimum atomic E-state index is -0.494. The number of benzene rings is 2. The number of nitro groups is 1. The molecule has 7 nitrogen and oxygen atoms in total. The van der Waals surface area contributed by atoms with Crippen molar-refractivity contribution in [2.75, 3.05) is 28.4 Å². The standard InChI is InChI=1S/C8H8BrNO4.C8H9BrO2/c1-13-7-3-5(9)6(10(11)12)4-8(7)14-2;1-10-7-4-3-6(9)5-8(7)11-2/h3-4H,1-2H3;3-5H,1-2H3. The molecule has 0 saturated heterocycles. The van der Waals surface area contributed by atoms with Crippen LogP contribution in [0.4, 0.5) is 5.69 Å². The number of hydrogen-bond donors (Lipinski definition) is 0. The average molecular weight is 479 g/mol. The molecular weight excluding hydrogens is 462 g/mol. The van der Waals surface area contributed by atoms with E-state index in [-0.39, 0.29) is 5.69 Å². The van der Waals surface area contributed by atoms with Crippen LogP contribution in [0, 0.1) is 10.1 Å². The Hall–Kier alpha value is -2.00. The molecule has 25 heavy (non-hydrogen) atoms. The van der Waals surface area contributed by atoms with Crippen LogP contribution in [0.5, 0.6) is 23.0 Å². The maximum atomic E-state index is 10.6. The van der Waals surface area contributed by atoms with Crippen LogP contribution in [0.25, 0.3) is 0 Å². The Bertz CT molecular complexity index is 739. The molecule has 0 N–H and O–H groups in total. The molecule has 136 valence electrons. The molecule has 0 amide bonds. The Labute approximate surface area is 162 Å². The number of rotatable bonds is 5. The molecule has 0 fully saturated rings.